The van der Waals surface area contributed by atoms with Crippen LogP contribution in [0.3, 0.4) is 0 Å². The molecule has 8 heteroatoms. The Morgan fingerprint density at radius 1 is 1.29 bits per heavy atom. The van der Waals surface area contributed by atoms with E-state index in [4.69, 9.17) is 0 Å². The van der Waals surface area contributed by atoms with Crippen LogP contribution in [0.2, 0.25) is 0 Å². The molecule has 0 bridgehead atoms. The largest absolute Gasteiger partial charge is 0.322 e. The topological polar surface area (TPSA) is 90.5 Å². The number of fused-ring (bicyclic) bond motifs is 1. The van der Waals surface area contributed by atoms with Crippen molar-refractivity contribution in [2.75, 3.05) is 26.3 Å². The molecule has 0 aromatic heterocycles. The van der Waals surface area contributed by atoms with E-state index in [1.165, 1.54) is 0 Å². The standard InChI is InChI=1S/C20H25FN4O3/c21-10-20(5-6-22-11-20)12-23-8-13-1-2-14-9-25(19(28)15(14)7-13)16-3-4-17(26)24-18(16)27/h1-2,7,16,22-23H,3-6,8-12H2,(H,24,26,27). The Balaban J connectivity index is 1.40. The summed E-state index contributed by atoms with van der Waals surface area (Å²) >= 11 is 0. The van der Waals surface area contributed by atoms with Gasteiger partial charge in [-0.1, -0.05) is 12.1 Å². The first-order valence-electron chi connectivity index (χ1n) is 9.75. The maximum atomic E-state index is 13.4. The number of imide groups is 1. The SMILES string of the molecule is O=C1CCC(N2Cc3ccc(CNCC4(CF)CCNC4)cc3C2=O)C(=O)N1. The molecule has 3 heterocycles. The molecular weight excluding hydrogens is 363 g/mol. The summed E-state index contributed by atoms with van der Waals surface area (Å²) in [5, 5.41) is 8.84. The Morgan fingerprint density at radius 3 is 2.86 bits per heavy atom. The van der Waals surface area contributed by atoms with E-state index in [-0.39, 0.29) is 30.3 Å². The fourth-order valence-corrected chi connectivity index (χ4v) is 4.29. The van der Waals surface area contributed by atoms with Crippen LogP contribution in [0.25, 0.3) is 0 Å². The van der Waals surface area contributed by atoms with Crippen molar-refractivity contribution in [2.45, 2.75) is 38.4 Å². The second kappa shape index (κ2) is 7.60. The predicted molar refractivity (Wildman–Crippen MR) is 100 cm³/mol. The molecule has 3 aliphatic rings. The molecule has 2 fully saturated rings. The number of rotatable bonds is 6. The molecule has 7 nitrogen and oxygen atoms in total. The van der Waals surface area contributed by atoms with E-state index in [0.717, 1.165) is 24.1 Å². The zero-order valence-corrected chi connectivity index (χ0v) is 15.7. The van der Waals surface area contributed by atoms with E-state index >= 15 is 0 Å². The maximum absolute atomic E-state index is 13.4. The zero-order valence-electron chi connectivity index (χ0n) is 15.7. The molecule has 3 amide bonds. The average Bonchev–Trinajstić information content (AvgIpc) is 3.28. The second-order valence-electron chi connectivity index (χ2n) is 8.06. The molecule has 0 saturated carbocycles. The number of hydrogen-bond acceptors (Lipinski definition) is 5. The Hall–Kier alpha value is -2.32. The zero-order chi connectivity index (χ0) is 19.7. The van der Waals surface area contributed by atoms with Crippen molar-refractivity contribution in [3.63, 3.8) is 0 Å². The molecular formula is C20H25FN4O3. The van der Waals surface area contributed by atoms with Crippen LogP contribution in [0.15, 0.2) is 18.2 Å². The summed E-state index contributed by atoms with van der Waals surface area (Å²) < 4.78 is 13.4. The molecule has 2 atom stereocenters. The van der Waals surface area contributed by atoms with Crippen molar-refractivity contribution in [2.24, 2.45) is 5.41 Å². The van der Waals surface area contributed by atoms with Gasteiger partial charge in [0.2, 0.25) is 11.8 Å². The fraction of sp³-hybridized carbons (Fsp3) is 0.550. The number of alkyl halides is 1. The predicted octanol–water partition coefficient (Wildman–Crippen LogP) is 0.486. The Bertz CT molecular complexity index is 807. The van der Waals surface area contributed by atoms with Crippen molar-refractivity contribution in [1.82, 2.24) is 20.9 Å². The summed E-state index contributed by atoms with van der Waals surface area (Å²) in [6.45, 7) is 2.70. The van der Waals surface area contributed by atoms with Gasteiger partial charge < -0.3 is 15.5 Å². The van der Waals surface area contributed by atoms with Crippen LogP contribution >= 0.6 is 0 Å². The van der Waals surface area contributed by atoms with Crippen molar-refractivity contribution >= 4 is 17.7 Å². The molecule has 4 rings (SSSR count). The van der Waals surface area contributed by atoms with E-state index in [0.29, 0.717) is 38.2 Å². The van der Waals surface area contributed by atoms with Crippen LogP contribution in [0.5, 0.6) is 0 Å². The van der Waals surface area contributed by atoms with E-state index in [2.05, 4.69) is 16.0 Å². The minimum Gasteiger partial charge on any atom is -0.322 e. The van der Waals surface area contributed by atoms with Crippen LogP contribution < -0.4 is 16.0 Å². The molecule has 28 heavy (non-hydrogen) atoms. The van der Waals surface area contributed by atoms with Crippen LogP contribution in [0.4, 0.5) is 4.39 Å². The summed E-state index contributed by atoms with van der Waals surface area (Å²) in [5.41, 5.74) is 2.11. The molecule has 3 aliphatic heterocycles. The minimum absolute atomic E-state index is 0.174. The highest BCUT2D eigenvalue weighted by atomic mass is 19.1. The van der Waals surface area contributed by atoms with Gasteiger partial charge in [-0.3, -0.25) is 24.1 Å². The van der Waals surface area contributed by atoms with Crippen LogP contribution in [0, 0.1) is 5.41 Å². The molecule has 0 spiro atoms. The van der Waals surface area contributed by atoms with Gasteiger partial charge in [0.1, 0.15) is 6.04 Å². The van der Waals surface area contributed by atoms with Gasteiger partial charge in [0.05, 0.1) is 6.67 Å². The Labute approximate surface area is 163 Å². The molecule has 2 saturated heterocycles. The monoisotopic (exact) mass is 388 g/mol. The summed E-state index contributed by atoms with van der Waals surface area (Å²) in [6, 6.07) is 5.13. The van der Waals surface area contributed by atoms with Crippen LogP contribution in [0.1, 0.15) is 40.7 Å². The molecule has 0 radical (unpaired) electrons. The van der Waals surface area contributed by atoms with E-state index in [1.807, 2.05) is 18.2 Å². The van der Waals surface area contributed by atoms with Gasteiger partial charge >= 0.3 is 0 Å². The third-order valence-electron chi connectivity index (χ3n) is 6.04. The first kappa shape index (κ1) is 19.0. The third-order valence-corrected chi connectivity index (χ3v) is 6.04. The number of carbonyl (C=O) groups excluding carboxylic acids is 3. The first-order chi connectivity index (χ1) is 13.5. The van der Waals surface area contributed by atoms with Gasteiger partial charge in [0, 0.05) is 43.6 Å². The molecule has 0 aliphatic carbocycles. The summed E-state index contributed by atoms with van der Waals surface area (Å²) in [5.74, 6) is -0.866. The van der Waals surface area contributed by atoms with Gasteiger partial charge in [-0.05, 0) is 36.6 Å². The number of carbonyl (C=O) groups is 3. The van der Waals surface area contributed by atoms with Gasteiger partial charge in [-0.25, -0.2) is 0 Å². The highest BCUT2D eigenvalue weighted by Gasteiger charge is 2.39. The number of piperidine rings is 1. The molecule has 1 aromatic rings. The average molecular weight is 388 g/mol. The smallest absolute Gasteiger partial charge is 0.255 e. The van der Waals surface area contributed by atoms with Gasteiger partial charge in [0.25, 0.3) is 5.91 Å². The Kier molecular flexibility index (Phi) is 5.16. The lowest BCUT2D eigenvalue weighted by Gasteiger charge is -2.29. The second-order valence-corrected chi connectivity index (χ2v) is 8.06. The lowest BCUT2D eigenvalue weighted by molar-refractivity contribution is -0.136. The number of halogens is 1. The van der Waals surface area contributed by atoms with Gasteiger partial charge in [0.15, 0.2) is 0 Å². The molecule has 150 valence electrons. The Morgan fingerprint density at radius 2 is 2.14 bits per heavy atom. The van der Waals surface area contributed by atoms with Crippen molar-refractivity contribution in [1.29, 1.82) is 0 Å². The lowest BCUT2D eigenvalue weighted by Crippen LogP contribution is -2.52. The number of benzene rings is 1. The van der Waals surface area contributed by atoms with E-state index in [9.17, 15) is 18.8 Å². The lowest BCUT2D eigenvalue weighted by atomic mass is 9.89. The number of nitrogens with zero attached hydrogens (tertiary/aromatic N) is 1. The minimum atomic E-state index is -0.599. The van der Waals surface area contributed by atoms with E-state index < -0.39 is 11.9 Å². The molecule has 1 aromatic carbocycles. The van der Waals surface area contributed by atoms with Crippen LogP contribution in [-0.2, 0) is 22.7 Å². The quantitative estimate of drug-likeness (QED) is 0.617. The van der Waals surface area contributed by atoms with Gasteiger partial charge in [-0.2, -0.15) is 0 Å². The molecule has 2 unspecified atom stereocenters. The fourth-order valence-electron chi connectivity index (χ4n) is 4.29. The maximum Gasteiger partial charge on any atom is 0.255 e. The summed E-state index contributed by atoms with van der Waals surface area (Å²) in [7, 11) is 0. The number of amides is 3. The van der Waals surface area contributed by atoms with Crippen molar-refractivity contribution in [3.05, 3.63) is 34.9 Å². The summed E-state index contributed by atoms with van der Waals surface area (Å²) in [4.78, 5) is 37.8. The third kappa shape index (κ3) is 3.54. The number of hydrogen-bond donors (Lipinski definition) is 3. The van der Waals surface area contributed by atoms with Gasteiger partial charge in [-0.15, -0.1) is 0 Å². The van der Waals surface area contributed by atoms with Crippen molar-refractivity contribution < 1.29 is 18.8 Å². The first-order valence-corrected chi connectivity index (χ1v) is 9.75. The van der Waals surface area contributed by atoms with Crippen molar-refractivity contribution in [3.8, 4) is 0 Å². The number of nitrogens with one attached hydrogen (secondary N) is 3. The highest BCUT2D eigenvalue weighted by molar-refractivity contribution is 6.05. The van der Waals surface area contributed by atoms with Crippen LogP contribution in [-0.4, -0.2) is 55.0 Å². The highest BCUT2D eigenvalue weighted by Crippen LogP contribution is 2.29. The molecule has 3 N–H and O–H groups in total. The van der Waals surface area contributed by atoms with E-state index in [1.54, 1.807) is 4.90 Å². The summed E-state index contributed by atoms with van der Waals surface area (Å²) in [6.07, 6.45) is 1.43. The normalized spacial score (nSPS) is 27.2.